The topological polar surface area (TPSA) is 54.4 Å². The van der Waals surface area contributed by atoms with Gasteiger partial charge in [0.2, 0.25) is 5.95 Å². The van der Waals surface area contributed by atoms with E-state index in [1.54, 1.807) is 0 Å². The molecule has 6 nitrogen and oxygen atoms in total. The van der Waals surface area contributed by atoms with Gasteiger partial charge in [-0.3, -0.25) is 0 Å². The van der Waals surface area contributed by atoms with Crippen molar-refractivity contribution in [1.82, 2.24) is 19.8 Å². The van der Waals surface area contributed by atoms with Gasteiger partial charge in [0.05, 0.1) is 17.6 Å². The minimum absolute atomic E-state index is 0. The van der Waals surface area contributed by atoms with Crippen molar-refractivity contribution < 1.29 is 4.74 Å². The van der Waals surface area contributed by atoms with E-state index < -0.39 is 0 Å². The number of ether oxygens (including phenoxy) is 1. The quantitative estimate of drug-likeness (QED) is 0.398. The lowest BCUT2D eigenvalue weighted by Crippen LogP contribution is -2.42. The molecule has 0 amide bonds. The molecule has 7 heteroatoms. The molecule has 0 spiro atoms. The van der Waals surface area contributed by atoms with Gasteiger partial charge in [0.1, 0.15) is 0 Å². The third kappa shape index (κ3) is 6.00. The first kappa shape index (κ1) is 26.0. The molecule has 2 N–H and O–H groups in total. The maximum atomic E-state index is 5.64. The molecule has 2 fully saturated rings. The third-order valence-corrected chi connectivity index (χ3v) is 7.78. The molecule has 2 aliphatic rings. The number of rotatable bonds is 10. The largest absolute Gasteiger partial charge is 0.380 e. The SMILES string of the molecule is CCOCCn1c(NC2CCN(CCC3(c4ccccc4)CCNC3)CC2)nc2ccccc21.Cl. The summed E-state index contributed by atoms with van der Waals surface area (Å²) in [6.45, 7) is 10.0. The first-order chi connectivity index (χ1) is 16.8. The molecule has 0 saturated carbocycles. The number of fused-ring (bicyclic) bond motifs is 1. The molecule has 190 valence electrons. The second kappa shape index (κ2) is 12.2. The maximum Gasteiger partial charge on any atom is 0.204 e. The van der Waals surface area contributed by atoms with Crippen LogP contribution in [-0.2, 0) is 16.7 Å². The van der Waals surface area contributed by atoms with Crippen LogP contribution < -0.4 is 10.6 Å². The van der Waals surface area contributed by atoms with Crippen LogP contribution in [0.3, 0.4) is 0 Å². The van der Waals surface area contributed by atoms with Gasteiger partial charge < -0.3 is 24.8 Å². The highest BCUT2D eigenvalue weighted by Crippen LogP contribution is 2.34. The monoisotopic (exact) mass is 497 g/mol. The molecular formula is C28H40ClN5O. The molecule has 0 radical (unpaired) electrons. The van der Waals surface area contributed by atoms with Gasteiger partial charge in [-0.2, -0.15) is 0 Å². The lowest BCUT2D eigenvalue weighted by molar-refractivity contribution is 0.140. The first-order valence-corrected chi connectivity index (χ1v) is 13.1. The number of hydrogen-bond acceptors (Lipinski definition) is 5. The molecule has 1 unspecified atom stereocenters. The summed E-state index contributed by atoms with van der Waals surface area (Å²) in [7, 11) is 0. The first-order valence-electron chi connectivity index (χ1n) is 13.1. The molecule has 1 atom stereocenters. The fourth-order valence-corrected chi connectivity index (χ4v) is 5.71. The number of hydrogen-bond donors (Lipinski definition) is 2. The van der Waals surface area contributed by atoms with E-state index in [0.717, 1.165) is 63.6 Å². The Kier molecular flexibility index (Phi) is 9.06. The third-order valence-electron chi connectivity index (χ3n) is 7.78. The fourth-order valence-electron chi connectivity index (χ4n) is 5.71. The fraction of sp³-hybridized carbons (Fsp3) is 0.536. The number of halogens is 1. The summed E-state index contributed by atoms with van der Waals surface area (Å²) in [4.78, 5) is 7.58. The van der Waals surface area contributed by atoms with Gasteiger partial charge in [-0.15, -0.1) is 12.4 Å². The second-order valence-electron chi connectivity index (χ2n) is 9.86. The van der Waals surface area contributed by atoms with Crippen LogP contribution >= 0.6 is 12.4 Å². The molecule has 0 aliphatic carbocycles. The van der Waals surface area contributed by atoms with Gasteiger partial charge in [0.15, 0.2) is 0 Å². The summed E-state index contributed by atoms with van der Waals surface area (Å²) in [6.07, 6.45) is 4.79. The van der Waals surface area contributed by atoms with Crippen LogP contribution in [0.2, 0.25) is 0 Å². The number of nitrogens with zero attached hydrogens (tertiary/aromatic N) is 3. The molecule has 3 aromatic rings. The standard InChI is InChI=1S/C28H39N5O.ClH/c1-2-34-21-20-33-26-11-7-6-10-25(26)31-27(33)30-24-12-17-32(18-13-24)19-15-28(14-16-29-22-28)23-8-4-3-5-9-23;/h3-11,24,29H,2,12-22H2,1H3,(H,30,31);1H. The number of imidazole rings is 1. The highest BCUT2D eigenvalue weighted by atomic mass is 35.5. The van der Waals surface area contributed by atoms with Crippen LogP contribution in [0.5, 0.6) is 0 Å². The maximum absolute atomic E-state index is 5.64. The van der Waals surface area contributed by atoms with E-state index in [0.29, 0.717) is 18.1 Å². The zero-order valence-electron chi connectivity index (χ0n) is 20.9. The summed E-state index contributed by atoms with van der Waals surface area (Å²) in [6, 6.07) is 20.0. The van der Waals surface area contributed by atoms with Crippen molar-refractivity contribution in [2.45, 2.75) is 50.6 Å². The number of nitrogens with one attached hydrogen (secondary N) is 2. The average molecular weight is 498 g/mol. The van der Waals surface area contributed by atoms with Crippen molar-refractivity contribution in [3.8, 4) is 0 Å². The Labute approximate surface area is 215 Å². The number of piperidine rings is 1. The lowest BCUT2D eigenvalue weighted by Gasteiger charge is -2.36. The Hall–Kier alpha value is -2.12. The number of para-hydroxylation sites is 2. The Morgan fingerprint density at radius 3 is 2.57 bits per heavy atom. The molecule has 2 aliphatic heterocycles. The summed E-state index contributed by atoms with van der Waals surface area (Å²) in [5, 5.41) is 7.40. The number of aromatic nitrogens is 2. The van der Waals surface area contributed by atoms with E-state index in [1.165, 1.54) is 30.5 Å². The molecule has 1 aromatic heterocycles. The zero-order chi connectivity index (χ0) is 23.2. The van der Waals surface area contributed by atoms with Gasteiger partial charge in [0.25, 0.3) is 0 Å². The van der Waals surface area contributed by atoms with Crippen molar-refractivity contribution in [3.05, 3.63) is 60.2 Å². The van der Waals surface area contributed by atoms with Crippen LogP contribution in [0.4, 0.5) is 5.95 Å². The minimum atomic E-state index is 0. The molecule has 35 heavy (non-hydrogen) atoms. The van der Waals surface area contributed by atoms with Gasteiger partial charge >= 0.3 is 0 Å². The van der Waals surface area contributed by atoms with Crippen molar-refractivity contribution in [1.29, 1.82) is 0 Å². The smallest absolute Gasteiger partial charge is 0.204 e. The van der Waals surface area contributed by atoms with Crippen LogP contribution in [0.1, 0.15) is 38.2 Å². The predicted octanol–water partition coefficient (Wildman–Crippen LogP) is 4.69. The van der Waals surface area contributed by atoms with E-state index in [1.807, 2.05) is 6.92 Å². The van der Waals surface area contributed by atoms with Crippen LogP contribution in [0, 0.1) is 0 Å². The molecule has 2 saturated heterocycles. The summed E-state index contributed by atoms with van der Waals surface area (Å²) in [5.41, 5.74) is 4.03. The molecular weight excluding hydrogens is 458 g/mol. The van der Waals surface area contributed by atoms with Crippen molar-refractivity contribution in [3.63, 3.8) is 0 Å². The van der Waals surface area contributed by atoms with E-state index in [2.05, 4.69) is 74.7 Å². The van der Waals surface area contributed by atoms with Crippen LogP contribution in [0.25, 0.3) is 11.0 Å². The zero-order valence-corrected chi connectivity index (χ0v) is 21.7. The number of benzene rings is 2. The Morgan fingerprint density at radius 1 is 1.06 bits per heavy atom. The van der Waals surface area contributed by atoms with E-state index in [4.69, 9.17) is 9.72 Å². The Balaban J connectivity index is 0.00000289. The molecule has 5 rings (SSSR count). The lowest BCUT2D eigenvalue weighted by atomic mass is 9.76. The normalized spacial score (nSPS) is 21.3. The van der Waals surface area contributed by atoms with E-state index in [9.17, 15) is 0 Å². The molecule has 3 heterocycles. The van der Waals surface area contributed by atoms with Crippen molar-refractivity contribution in [2.75, 3.05) is 51.3 Å². The number of anilines is 1. The highest BCUT2D eigenvalue weighted by molar-refractivity contribution is 5.85. The predicted molar refractivity (Wildman–Crippen MR) is 147 cm³/mol. The van der Waals surface area contributed by atoms with Crippen LogP contribution in [0.15, 0.2) is 54.6 Å². The van der Waals surface area contributed by atoms with Crippen molar-refractivity contribution >= 4 is 29.4 Å². The van der Waals surface area contributed by atoms with Gasteiger partial charge in [0, 0.05) is 44.2 Å². The summed E-state index contributed by atoms with van der Waals surface area (Å²) >= 11 is 0. The van der Waals surface area contributed by atoms with Crippen molar-refractivity contribution in [2.24, 2.45) is 0 Å². The second-order valence-corrected chi connectivity index (χ2v) is 9.86. The molecule has 0 bridgehead atoms. The summed E-state index contributed by atoms with van der Waals surface area (Å²) in [5.74, 6) is 0.986. The van der Waals surface area contributed by atoms with E-state index >= 15 is 0 Å². The Morgan fingerprint density at radius 2 is 1.83 bits per heavy atom. The van der Waals surface area contributed by atoms with Gasteiger partial charge in [-0.05, 0) is 63.4 Å². The number of likely N-dealkylation sites (tertiary alicyclic amines) is 1. The van der Waals surface area contributed by atoms with Gasteiger partial charge in [-0.25, -0.2) is 4.98 Å². The van der Waals surface area contributed by atoms with Gasteiger partial charge in [-0.1, -0.05) is 42.5 Å². The highest BCUT2D eigenvalue weighted by Gasteiger charge is 2.36. The van der Waals surface area contributed by atoms with Crippen LogP contribution in [-0.4, -0.2) is 66.4 Å². The molecule has 2 aromatic carbocycles. The Bertz CT molecular complexity index is 1040. The average Bonchev–Trinajstić information content (AvgIpc) is 3.50. The minimum Gasteiger partial charge on any atom is -0.380 e. The van der Waals surface area contributed by atoms with E-state index in [-0.39, 0.29) is 12.4 Å². The summed E-state index contributed by atoms with van der Waals surface area (Å²) < 4.78 is 7.92.